The molecule has 6 aliphatic rings. The summed E-state index contributed by atoms with van der Waals surface area (Å²) < 4.78 is 42.1. The van der Waals surface area contributed by atoms with Crippen LogP contribution in [0.3, 0.4) is 0 Å². The van der Waals surface area contributed by atoms with Gasteiger partial charge in [0.25, 0.3) is 0 Å². The number of ether oxygens (including phenoxy) is 1. The quantitative estimate of drug-likeness (QED) is 0.195. The Kier molecular flexibility index (Phi) is 21.4. The van der Waals surface area contributed by atoms with E-state index < -0.39 is 5.60 Å². The second-order valence-corrected chi connectivity index (χ2v) is 25.2. The van der Waals surface area contributed by atoms with Crippen molar-refractivity contribution in [3.05, 3.63) is 72.8 Å². The minimum atomic E-state index is -0.461. The summed E-state index contributed by atoms with van der Waals surface area (Å²) in [6.45, 7) is 43.9. The Morgan fingerprint density at radius 1 is 0.462 bits per heavy atom. The van der Waals surface area contributed by atoms with E-state index in [0.717, 1.165) is 87.5 Å². The first-order valence-corrected chi connectivity index (χ1v) is 27.8. The number of hydrogen-bond acceptors (Lipinski definition) is 14. The maximum Gasteiger partial charge on any atom is 0.494 e. The summed E-state index contributed by atoms with van der Waals surface area (Å²) >= 11 is 4.64. The Bertz CT molecular complexity index is 2390. The van der Waals surface area contributed by atoms with Crippen LogP contribution in [0.5, 0.6) is 0 Å². The van der Waals surface area contributed by atoms with E-state index in [1.165, 1.54) is 18.3 Å². The van der Waals surface area contributed by atoms with Crippen LogP contribution in [0.1, 0.15) is 118 Å². The standard InChI is InChI=1S/C21H33BN2O4.C18H27BN2O3.C16H25BN2O2.C2H3ClO.ClH/c1-19(2,3)26-18(25)24-14-12-23(13-15-24)17-10-8-16(9-11-17)22-27-20(4,5)21(6,7)28-22;1-14(22)20-10-12-21(13-11-20)16-8-6-15(7-9-16)19-23-17(2,3)18(4,5)24-19;1-15(2)16(3,4)21-17(20-15)13-5-7-14(8-6-13)19-11-9-18-10-12-19;1-2(3)4;/h8-11H,12-15H2,1-7H3;6-9H,10-13H2,1-5H3;5-8,18H,9-12H2,1-4H3;1H3;1H. The fourth-order valence-corrected chi connectivity index (χ4v) is 9.14. The van der Waals surface area contributed by atoms with Gasteiger partial charge in [-0.1, -0.05) is 36.4 Å². The highest BCUT2D eigenvalue weighted by Gasteiger charge is 2.54. The Labute approximate surface area is 479 Å². The predicted molar refractivity (Wildman–Crippen MR) is 320 cm³/mol. The number of anilines is 3. The maximum absolute atomic E-state index is 12.2. The van der Waals surface area contributed by atoms with Crippen molar-refractivity contribution in [2.45, 2.75) is 157 Å². The van der Waals surface area contributed by atoms with Gasteiger partial charge in [-0.3, -0.25) is 9.59 Å². The second-order valence-electron chi connectivity index (χ2n) is 24.7. The Balaban J connectivity index is 0.000000208. The van der Waals surface area contributed by atoms with E-state index in [0.29, 0.717) is 13.1 Å². The molecule has 6 fully saturated rings. The molecule has 3 aromatic carbocycles. The van der Waals surface area contributed by atoms with Gasteiger partial charge in [0, 0.05) is 109 Å². The van der Waals surface area contributed by atoms with Crippen molar-refractivity contribution >= 4 is 96.1 Å². The SMILES string of the molecule is CC(=O)Cl.CC(=O)N1CCN(c2ccc(B3OC(C)(C)C(C)(C)O3)cc2)CC1.CC(C)(C)OC(=O)N1CCN(c2ccc(B3OC(C)(C)C(C)(C)O3)cc2)CC1.CC1(C)OB(c2ccc(N3CCNCC3)cc2)OC1(C)C.Cl. The molecule has 1 N–H and O–H groups in total. The molecule has 3 aromatic rings. The third-order valence-electron chi connectivity index (χ3n) is 16.1. The van der Waals surface area contributed by atoms with Crippen LogP contribution < -0.4 is 36.4 Å². The van der Waals surface area contributed by atoms with E-state index in [1.807, 2.05) is 25.7 Å². The fraction of sp³-hybridized carbons (Fsp3) is 0.632. The first-order chi connectivity index (χ1) is 35.7. The number of hydrogen-bond donors (Lipinski definition) is 1. The molecule has 21 heteroatoms. The van der Waals surface area contributed by atoms with Gasteiger partial charge in [-0.25, -0.2) is 4.79 Å². The third-order valence-corrected chi connectivity index (χ3v) is 16.1. The molecule has 0 unspecified atom stereocenters. The number of amides is 2. The Morgan fingerprint density at radius 3 is 0.949 bits per heavy atom. The van der Waals surface area contributed by atoms with Crippen LogP contribution in [-0.2, 0) is 42.3 Å². The zero-order chi connectivity index (χ0) is 56.9. The van der Waals surface area contributed by atoms with Crippen molar-refractivity contribution in [2.24, 2.45) is 0 Å². The highest BCUT2D eigenvalue weighted by Crippen LogP contribution is 2.39. The normalized spacial score (nSPS) is 21.7. The summed E-state index contributed by atoms with van der Waals surface area (Å²) in [6, 6.07) is 25.3. The smallest absolute Gasteiger partial charge is 0.444 e. The van der Waals surface area contributed by atoms with Crippen LogP contribution in [-0.4, -0.2) is 166 Å². The molecule has 6 heterocycles. The van der Waals surface area contributed by atoms with Crippen LogP contribution in [0.4, 0.5) is 21.9 Å². The van der Waals surface area contributed by atoms with Crippen LogP contribution in [0.15, 0.2) is 72.8 Å². The summed E-state index contributed by atoms with van der Waals surface area (Å²) in [7, 11) is -0.936. The Morgan fingerprint density at radius 2 is 0.705 bits per heavy atom. The van der Waals surface area contributed by atoms with E-state index in [9.17, 15) is 14.4 Å². The summed E-state index contributed by atoms with van der Waals surface area (Å²) in [6.07, 6.45) is -0.233. The number of carbonyl (C=O) groups is 3. The molecule has 0 atom stereocenters. The topological polar surface area (TPSA) is 144 Å². The third kappa shape index (κ3) is 16.6. The highest BCUT2D eigenvalue weighted by molar-refractivity contribution is 6.63. The van der Waals surface area contributed by atoms with E-state index in [-0.39, 0.29) is 84.6 Å². The number of benzene rings is 3. The molecular weight excluding hydrogens is 1030 g/mol. The fourth-order valence-electron chi connectivity index (χ4n) is 9.14. The van der Waals surface area contributed by atoms with Crippen LogP contribution >= 0.6 is 24.0 Å². The maximum atomic E-state index is 12.2. The van der Waals surface area contributed by atoms with E-state index >= 15 is 0 Å². The van der Waals surface area contributed by atoms with Crippen molar-refractivity contribution < 1.29 is 47.0 Å². The molecule has 6 aliphatic heterocycles. The first kappa shape index (κ1) is 64.8. The van der Waals surface area contributed by atoms with Crippen molar-refractivity contribution in [1.82, 2.24) is 15.1 Å². The average Bonchev–Trinajstić information content (AvgIpc) is 3.83. The molecule has 0 aliphatic carbocycles. The monoisotopic (exact) mass is 1120 g/mol. The summed E-state index contributed by atoms with van der Waals surface area (Å²) in [4.78, 5) is 43.5. The summed E-state index contributed by atoms with van der Waals surface area (Å²) in [5, 5.41) is 3.02. The number of piperazine rings is 3. The molecule has 9 rings (SSSR count). The van der Waals surface area contributed by atoms with Gasteiger partial charge in [0.15, 0.2) is 0 Å². The number of carbonyl (C=O) groups excluding carboxylic acids is 3. The molecule has 78 heavy (non-hydrogen) atoms. The number of halogens is 2. The lowest BCUT2D eigenvalue weighted by atomic mass is 9.79. The molecule has 6 saturated heterocycles. The lowest BCUT2D eigenvalue weighted by Crippen LogP contribution is -2.50. The minimum Gasteiger partial charge on any atom is -0.444 e. The molecule has 430 valence electrons. The van der Waals surface area contributed by atoms with Crippen molar-refractivity contribution in [2.75, 3.05) is 93.2 Å². The summed E-state index contributed by atoms with van der Waals surface area (Å²) in [5.41, 5.74) is 4.41. The van der Waals surface area contributed by atoms with E-state index in [1.54, 1.807) is 11.8 Å². The zero-order valence-electron chi connectivity index (χ0n) is 49.8. The molecule has 2 amide bonds. The van der Waals surface area contributed by atoms with Crippen LogP contribution in [0.2, 0.25) is 0 Å². The first-order valence-electron chi connectivity index (χ1n) is 27.4. The van der Waals surface area contributed by atoms with Gasteiger partial charge in [0.2, 0.25) is 11.1 Å². The largest absolute Gasteiger partial charge is 0.494 e. The molecular formula is C57H89B3Cl2N6O10. The molecule has 0 saturated carbocycles. The van der Waals surface area contributed by atoms with Gasteiger partial charge >= 0.3 is 27.4 Å². The highest BCUT2D eigenvalue weighted by atomic mass is 35.5. The van der Waals surface area contributed by atoms with Crippen molar-refractivity contribution in [1.29, 1.82) is 0 Å². The van der Waals surface area contributed by atoms with Gasteiger partial charge in [-0.05, 0) is 168 Å². The minimum absolute atomic E-state index is 0. The number of nitrogens with one attached hydrogen (secondary N) is 1. The second kappa shape index (κ2) is 25.8. The lowest BCUT2D eigenvalue weighted by molar-refractivity contribution is -0.129. The van der Waals surface area contributed by atoms with Gasteiger partial charge in [0.05, 0.1) is 33.6 Å². The average molecular weight is 1120 g/mol. The van der Waals surface area contributed by atoms with Crippen molar-refractivity contribution in [3.63, 3.8) is 0 Å². The van der Waals surface area contributed by atoms with Gasteiger partial charge < -0.3 is 62.5 Å². The van der Waals surface area contributed by atoms with Gasteiger partial charge in [-0.2, -0.15) is 0 Å². The zero-order valence-corrected chi connectivity index (χ0v) is 51.3. The molecule has 0 aromatic heterocycles. The predicted octanol–water partition coefficient (Wildman–Crippen LogP) is 7.29. The molecule has 16 nitrogen and oxygen atoms in total. The Hall–Kier alpha value is -4.04. The number of rotatable bonds is 6. The van der Waals surface area contributed by atoms with Crippen LogP contribution in [0.25, 0.3) is 0 Å². The van der Waals surface area contributed by atoms with E-state index in [2.05, 4.69) is 187 Å². The molecule has 0 bridgehead atoms. The summed E-state index contributed by atoms with van der Waals surface area (Å²) in [5.74, 6) is 0.158. The van der Waals surface area contributed by atoms with E-state index in [4.69, 9.17) is 32.7 Å². The van der Waals surface area contributed by atoms with Crippen molar-refractivity contribution in [3.8, 4) is 0 Å². The lowest BCUT2D eigenvalue weighted by Gasteiger charge is -2.36. The molecule has 0 spiro atoms. The van der Waals surface area contributed by atoms with Crippen LogP contribution in [0, 0.1) is 0 Å². The van der Waals surface area contributed by atoms with Gasteiger partial charge in [0.1, 0.15) is 5.60 Å². The molecule has 0 radical (unpaired) electrons. The number of nitrogens with zero attached hydrogens (tertiary/aromatic N) is 5. The van der Waals surface area contributed by atoms with Gasteiger partial charge in [-0.15, -0.1) is 12.4 Å².